The second-order valence-electron chi connectivity index (χ2n) is 8.19. The van der Waals surface area contributed by atoms with Crippen molar-refractivity contribution in [1.29, 1.82) is 0 Å². The first-order valence-corrected chi connectivity index (χ1v) is 10.6. The Morgan fingerprint density at radius 1 is 1.03 bits per heavy atom. The minimum absolute atomic E-state index is 0.174. The SMILES string of the molecule is CC/C=C/CCOc1c(OC(=O)c2ccccc2)c(=O)oc2cc(OC(C)(C)C)ccc12. The highest BCUT2D eigenvalue weighted by Gasteiger charge is 2.22. The summed E-state index contributed by atoms with van der Waals surface area (Å²) in [4.78, 5) is 25.4. The first-order valence-electron chi connectivity index (χ1n) is 10.6. The number of rotatable bonds is 8. The monoisotopic (exact) mass is 436 g/mol. The molecule has 3 aromatic rings. The van der Waals surface area contributed by atoms with Crippen LogP contribution in [0.3, 0.4) is 0 Å². The van der Waals surface area contributed by atoms with Crippen molar-refractivity contribution < 1.29 is 23.4 Å². The summed E-state index contributed by atoms with van der Waals surface area (Å²) in [6, 6.07) is 13.6. The Bertz CT molecular complexity index is 1150. The number of hydrogen-bond donors (Lipinski definition) is 0. The molecule has 0 aliphatic rings. The number of carbonyl (C=O) groups excluding carboxylic acids is 1. The van der Waals surface area contributed by atoms with Crippen molar-refractivity contribution in [3.63, 3.8) is 0 Å². The van der Waals surface area contributed by atoms with E-state index in [1.165, 1.54) is 0 Å². The molecule has 0 amide bonds. The lowest BCUT2D eigenvalue weighted by Gasteiger charge is -2.21. The number of carbonyl (C=O) groups is 1. The molecule has 6 nitrogen and oxygen atoms in total. The van der Waals surface area contributed by atoms with Gasteiger partial charge in [0.15, 0.2) is 5.75 Å². The normalized spacial score (nSPS) is 11.6. The maximum Gasteiger partial charge on any atom is 0.383 e. The third kappa shape index (κ3) is 6.00. The molecule has 0 aliphatic carbocycles. The highest BCUT2D eigenvalue weighted by Crippen LogP contribution is 2.35. The Morgan fingerprint density at radius 3 is 2.47 bits per heavy atom. The average molecular weight is 437 g/mol. The van der Waals surface area contributed by atoms with E-state index in [1.807, 2.05) is 39.8 Å². The van der Waals surface area contributed by atoms with E-state index in [9.17, 15) is 9.59 Å². The second-order valence-corrected chi connectivity index (χ2v) is 8.19. The number of hydrogen-bond acceptors (Lipinski definition) is 6. The molecule has 168 valence electrons. The Hall–Kier alpha value is -3.54. The molecule has 0 saturated carbocycles. The second kappa shape index (κ2) is 10.2. The molecule has 0 saturated heterocycles. The Kier molecular flexibility index (Phi) is 7.36. The number of fused-ring (bicyclic) bond motifs is 1. The van der Waals surface area contributed by atoms with Gasteiger partial charge in [-0.25, -0.2) is 9.59 Å². The van der Waals surface area contributed by atoms with Gasteiger partial charge in [0.2, 0.25) is 0 Å². The standard InChI is InChI=1S/C26H28O6/c1-5-6-7-11-16-29-22-20-15-14-19(32-26(2,3)4)17-21(20)30-25(28)23(22)31-24(27)18-12-9-8-10-13-18/h6-10,12-15,17H,5,11,16H2,1-4H3/b7-6+. The zero-order valence-corrected chi connectivity index (χ0v) is 18.8. The van der Waals surface area contributed by atoms with Crippen LogP contribution in [0, 0.1) is 0 Å². The van der Waals surface area contributed by atoms with Gasteiger partial charge in [0.25, 0.3) is 5.75 Å². The summed E-state index contributed by atoms with van der Waals surface area (Å²) < 4.78 is 22.7. The van der Waals surface area contributed by atoms with Crippen LogP contribution in [0.25, 0.3) is 11.0 Å². The van der Waals surface area contributed by atoms with Gasteiger partial charge >= 0.3 is 11.6 Å². The molecule has 0 fully saturated rings. The van der Waals surface area contributed by atoms with Crippen LogP contribution in [0.2, 0.25) is 0 Å². The fraction of sp³-hybridized carbons (Fsp3) is 0.308. The summed E-state index contributed by atoms with van der Waals surface area (Å²) in [5.74, 6) is -0.206. The van der Waals surface area contributed by atoms with Crippen LogP contribution in [0.4, 0.5) is 0 Å². The molecule has 0 aliphatic heterocycles. The predicted molar refractivity (Wildman–Crippen MR) is 124 cm³/mol. The van der Waals surface area contributed by atoms with Gasteiger partial charge in [0.05, 0.1) is 17.6 Å². The molecular weight excluding hydrogens is 408 g/mol. The fourth-order valence-corrected chi connectivity index (χ4v) is 3.02. The van der Waals surface area contributed by atoms with Crippen molar-refractivity contribution in [2.24, 2.45) is 0 Å². The summed E-state index contributed by atoms with van der Waals surface area (Å²) in [5, 5.41) is 0.515. The summed E-state index contributed by atoms with van der Waals surface area (Å²) in [5.41, 5.74) is -0.605. The molecule has 0 bridgehead atoms. The molecule has 0 radical (unpaired) electrons. The molecule has 2 aromatic carbocycles. The van der Waals surface area contributed by atoms with Gasteiger partial charge in [-0.3, -0.25) is 0 Å². The van der Waals surface area contributed by atoms with Crippen molar-refractivity contribution in [2.45, 2.75) is 46.1 Å². The van der Waals surface area contributed by atoms with E-state index < -0.39 is 17.2 Å². The van der Waals surface area contributed by atoms with Gasteiger partial charge in [-0.1, -0.05) is 37.3 Å². The number of ether oxygens (including phenoxy) is 3. The Balaban J connectivity index is 2.01. The van der Waals surface area contributed by atoms with Gasteiger partial charge in [-0.05, 0) is 57.9 Å². The third-order valence-electron chi connectivity index (χ3n) is 4.35. The summed E-state index contributed by atoms with van der Waals surface area (Å²) in [6.45, 7) is 8.14. The largest absolute Gasteiger partial charge is 0.488 e. The van der Waals surface area contributed by atoms with E-state index in [0.29, 0.717) is 29.7 Å². The van der Waals surface area contributed by atoms with Gasteiger partial charge in [-0.15, -0.1) is 0 Å². The number of benzene rings is 2. The average Bonchev–Trinajstić information content (AvgIpc) is 2.74. The van der Waals surface area contributed by atoms with Crippen molar-refractivity contribution >= 4 is 16.9 Å². The van der Waals surface area contributed by atoms with Crippen molar-refractivity contribution in [3.05, 3.63) is 76.7 Å². The molecule has 0 unspecified atom stereocenters. The lowest BCUT2D eigenvalue weighted by molar-refractivity contribution is 0.0721. The highest BCUT2D eigenvalue weighted by atomic mass is 16.6. The zero-order chi connectivity index (χ0) is 23.1. The smallest absolute Gasteiger partial charge is 0.383 e. The van der Waals surface area contributed by atoms with Crippen LogP contribution < -0.4 is 19.8 Å². The molecule has 3 rings (SSSR count). The molecule has 0 N–H and O–H groups in total. The molecule has 1 heterocycles. The van der Waals surface area contributed by atoms with Gasteiger partial charge in [-0.2, -0.15) is 0 Å². The van der Waals surface area contributed by atoms with Crippen LogP contribution in [-0.4, -0.2) is 18.2 Å². The molecule has 6 heteroatoms. The van der Waals surface area contributed by atoms with Crippen LogP contribution in [-0.2, 0) is 0 Å². The summed E-state index contributed by atoms with van der Waals surface area (Å²) in [6.07, 6.45) is 5.60. The lowest BCUT2D eigenvalue weighted by atomic mass is 10.1. The molecule has 0 atom stereocenters. The zero-order valence-electron chi connectivity index (χ0n) is 18.8. The first-order chi connectivity index (χ1) is 15.3. The van der Waals surface area contributed by atoms with Gasteiger partial charge in [0, 0.05) is 6.07 Å². The van der Waals surface area contributed by atoms with Crippen LogP contribution in [0.1, 0.15) is 50.9 Å². The van der Waals surface area contributed by atoms with E-state index in [2.05, 4.69) is 0 Å². The molecule has 1 aromatic heterocycles. The van der Waals surface area contributed by atoms with E-state index in [1.54, 1.807) is 48.5 Å². The minimum atomic E-state index is -0.797. The van der Waals surface area contributed by atoms with Crippen molar-refractivity contribution in [1.82, 2.24) is 0 Å². The maximum absolute atomic E-state index is 12.8. The van der Waals surface area contributed by atoms with Crippen LogP contribution in [0.5, 0.6) is 17.2 Å². The van der Waals surface area contributed by atoms with E-state index >= 15 is 0 Å². The Labute approximate surface area is 187 Å². The van der Waals surface area contributed by atoms with Gasteiger partial charge < -0.3 is 18.6 Å². The maximum atomic E-state index is 12.8. The number of allylic oxidation sites excluding steroid dienone is 1. The van der Waals surface area contributed by atoms with Gasteiger partial charge in [0.1, 0.15) is 16.9 Å². The van der Waals surface area contributed by atoms with Crippen LogP contribution in [0.15, 0.2) is 69.9 Å². The quantitative estimate of drug-likeness (QED) is 0.189. The summed E-state index contributed by atoms with van der Waals surface area (Å²) >= 11 is 0. The Morgan fingerprint density at radius 2 is 1.78 bits per heavy atom. The molecule has 0 spiro atoms. The van der Waals surface area contributed by atoms with Crippen molar-refractivity contribution in [2.75, 3.05) is 6.61 Å². The predicted octanol–water partition coefficient (Wildman–Crippen LogP) is 5.92. The van der Waals surface area contributed by atoms with E-state index in [4.69, 9.17) is 18.6 Å². The minimum Gasteiger partial charge on any atom is -0.488 e. The fourth-order valence-electron chi connectivity index (χ4n) is 3.02. The van der Waals surface area contributed by atoms with E-state index in [-0.39, 0.29) is 17.1 Å². The van der Waals surface area contributed by atoms with E-state index in [0.717, 1.165) is 6.42 Å². The number of esters is 1. The molecule has 32 heavy (non-hydrogen) atoms. The lowest BCUT2D eigenvalue weighted by Crippen LogP contribution is -2.22. The highest BCUT2D eigenvalue weighted by molar-refractivity contribution is 5.93. The summed E-state index contributed by atoms with van der Waals surface area (Å²) in [7, 11) is 0. The molecular formula is C26H28O6. The van der Waals surface area contributed by atoms with Crippen LogP contribution >= 0.6 is 0 Å². The topological polar surface area (TPSA) is 75.0 Å². The third-order valence-corrected chi connectivity index (χ3v) is 4.35. The first kappa shape index (κ1) is 23.1. The van der Waals surface area contributed by atoms with Crippen molar-refractivity contribution in [3.8, 4) is 17.2 Å².